The van der Waals surface area contributed by atoms with E-state index in [1.165, 1.54) is 18.4 Å². The molecule has 0 saturated carbocycles. The summed E-state index contributed by atoms with van der Waals surface area (Å²) in [6.07, 6.45) is 3.87. The molecule has 9 heteroatoms. The molecule has 0 aliphatic heterocycles. The Morgan fingerprint density at radius 1 is 1.12 bits per heavy atom. The molecule has 4 rings (SSSR count). The van der Waals surface area contributed by atoms with Gasteiger partial charge >= 0.3 is 6.03 Å². The van der Waals surface area contributed by atoms with E-state index in [0.29, 0.717) is 35.8 Å². The largest absolute Gasteiger partial charge is 0.444 e. The minimum absolute atomic E-state index is 0.00554. The molecule has 2 N–H and O–H groups in total. The van der Waals surface area contributed by atoms with Crippen LogP contribution in [0.4, 0.5) is 14.9 Å². The topological polar surface area (TPSA) is 92.4 Å². The van der Waals surface area contributed by atoms with Crippen LogP contribution in [0, 0.1) is 5.82 Å². The van der Waals surface area contributed by atoms with E-state index in [4.69, 9.17) is 4.42 Å². The first-order valence-corrected chi connectivity index (χ1v) is 10.4. The first-order chi connectivity index (χ1) is 15.9. The third-order valence-corrected chi connectivity index (χ3v) is 5.14. The second kappa shape index (κ2) is 9.56. The predicted molar refractivity (Wildman–Crippen MR) is 123 cm³/mol. The number of benzene rings is 2. The van der Waals surface area contributed by atoms with Crippen molar-refractivity contribution in [3.63, 3.8) is 0 Å². The van der Waals surface area contributed by atoms with Gasteiger partial charge in [-0.25, -0.2) is 14.2 Å². The SMILES string of the molecule is CN(C)C(=O)Cn1ccc2cc(NC(=O)NCCc3coc(-c4ccc(F)cc4)n3)ccc21. The fraction of sp³-hybridized carbons (Fsp3) is 0.208. The molecule has 0 fully saturated rings. The highest BCUT2D eigenvalue weighted by atomic mass is 19.1. The zero-order valence-electron chi connectivity index (χ0n) is 18.3. The van der Waals surface area contributed by atoms with Gasteiger partial charge in [-0.2, -0.15) is 0 Å². The number of hydrogen-bond donors (Lipinski definition) is 2. The second-order valence-electron chi connectivity index (χ2n) is 7.79. The quantitative estimate of drug-likeness (QED) is 0.448. The summed E-state index contributed by atoms with van der Waals surface area (Å²) in [5.41, 5.74) is 2.93. The maximum atomic E-state index is 13.0. The number of carbonyl (C=O) groups excluding carboxylic acids is 2. The van der Waals surface area contributed by atoms with Gasteiger partial charge in [-0.05, 0) is 48.5 Å². The van der Waals surface area contributed by atoms with E-state index in [0.717, 1.165) is 10.9 Å². The van der Waals surface area contributed by atoms with Crippen molar-refractivity contribution in [2.45, 2.75) is 13.0 Å². The Kier molecular flexibility index (Phi) is 6.39. The summed E-state index contributed by atoms with van der Waals surface area (Å²) in [5.74, 6) is 0.0878. The summed E-state index contributed by atoms with van der Waals surface area (Å²) in [5, 5.41) is 6.53. The zero-order chi connectivity index (χ0) is 23.4. The average Bonchev–Trinajstić information content (AvgIpc) is 3.41. The van der Waals surface area contributed by atoms with Crippen molar-refractivity contribution < 1.29 is 18.4 Å². The lowest BCUT2D eigenvalue weighted by molar-refractivity contribution is -0.129. The van der Waals surface area contributed by atoms with Crippen LogP contribution in [0.3, 0.4) is 0 Å². The van der Waals surface area contributed by atoms with Crippen LogP contribution in [-0.4, -0.2) is 47.0 Å². The molecule has 0 aliphatic rings. The normalized spacial score (nSPS) is 10.9. The first kappa shape index (κ1) is 22.1. The number of halogens is 1. The smallest absolute Gasteiger partial charge is 0.319 e. The van der Waals surface area contributed by atoms with E-state index in [1.54, 1.807) is 37.2 Å². The molecule has 170 valence electrons. The Morgan fingerprint density at radius 3 is 2.67 bits per heavy atom. The number of nitrogens with zero attached hydrogens (tertiary/aromatic N) is 3. The molecule has 33 heavy (non-hydrogen) atoms. The number of fused-ring (bicyclic) bond motifs is 1. The third-order valence-electron chi connectivity index (χ3n) is 5.14. The van der Waals surface area contributed by atoms with Gasteiger partial charge in [0.05, 0.1) is 5.69 Å². The van der Waals surface area contributed by atoms with Crippen molar-refractivity contribution in [2.24, 2.45) is 0 Å². The number of nitrogens with one attached hydrogen (secondary N) is 2. The lowest BCUT2D eigenvalue weighted by Gasteiger charge is -2.12. The summed E-state index contributed by atoms with van der Waals surface area (Å²) in [7, 11) is 3.45. The maximum Gasteiger partial charge on any atom is 0.319 e. The molecular formula is C24H24FN5O3. The van der Waals surface area contributed by atoms with E-state index in [1.807, 2.05) is 29.0 Å². The van der Waals surface area contributed by atoms with E-state index >= 15 is 0 Å². The van der Waals surface area contributed by atoms with Crippen LogP contribution < -0.4 is 10.6 Å². The number of aromatic nitrogens is 2. The molecule has 4 aromatic rings. The number of carbonyl (C=O) groups is 2. The minimum atomic E-state index is -0.334. The van der Waals surface area contributed by atoms with E-state index < -0.39 is 0 Å². The van der Waals surface area contributed by atoms with Crippen LogP contribution in [0.15, 0.2) is 65.4 Å². The molecule has 8 nitrogen and oxygen atoms in total. The van der Waals surface area contributed by atoms with Gasteiger partial charge in [-0.15, -0.1) is 0 Å². The fourth-order valence-electron chi connectivity index (χ4n) is 3.33. The fourth-order valence-corrected chi connectivity index (χ4v) is 3.33. The van der Waals surface area contributed by atoms with Gasteiger partial charge in [-0.1, -0.05) is 0 Å². The van der Waals surface area contributed by atoms with Crippen LogP contribution in [0.5, 0.6) is 0 Å². The molecule has 2 aromatic heterocycles. The maximum absolute atomic E-state index is 13.0. The molecule has 3 amide bonds. The van der Waals surface area contributed by atoms with Crippen molar-refractivity contribution in [3.05, 3.63) is 72.5 Å². The highest BCUT2D eigenvalue weighted by Gasteiger charge is 2.10. The molecule has 0 atom stereocenters. The zero-order valence-corrected chi connectivity index (χ0v) is 18.3. The van der Waals surface area contributed by atoms with Gasteiger partial charge in [0.2, 0.25) is 11.8 Å². The number of urea groups is 1. The Balaban J connectivity index is 1.29. The van der Waals surface area contributed by atoms with Gasteiger partial charge in [-0.3, -0.25) is 4.79 Å². The lowest BCUT2D eigenvalue weighted by Crippen LogP contribution is -2.30. The molecule has 2 heterocycles. The average molecular weight is 449 g/mol. The minimum Gasteiger partial charge on any atom is -0.444 e. The highest BCUT2D eigenvalue weighted by molar-refractivity contribution is 5.93. The van der Waals surface area contributed by atoms with E-state index in [2.05, 4.69) is 15.6 Å². The van der Waals surface area contributed by atoms with Gasteiger partial charge in [0, 0.05) is 55.4 Å². The Labute approximate surface area is 190 Å². The second-order valence-corrected chi connectivity index (χ2v) is 7.79. The van der Waals surface area contributed by atoms with Crippen molar-refractivity contribution in [1.82, 2.24) is 19.8 Å². The van der Waals surface area contributed by atoms with Crippen molar-refractivity contribution in [3.8, 4) is 11.5 Å². The summed E-state index contributed by atoms with van der Waals surface area (Å²) in [6.45, 7) is 0.626. The Hall–Kier alpha value is -4.14. The molecule has 0 spiro atoms. The van der Waals surface area contributed by atoms with Crippen LogP contribution in [0.2, 0.25) is 0 Å². The standard InChI is InChI=1S/C24H24FN5O3/c1-29(2)22(31)14-30-12-10-17-13-19(7-8-21(17)30)28-24(32)26-11-9-20-15-33-23(27-20)16-3-5-18(25)6-4-16/h3-8,10,12-13,15H,9,11,14H2,1-2H3,(H2,26,28,32). The summed E-state index contributed by atoms with van der Waals surface area (Å²) in [4.78, 5) is 30.2. The monoisotopic (exact) mass is 449 g/mol. The summed E-state index contributed by atoms with van der Waals surface area (Å²) >= 11 is 0. The first-order valence-electron chi connectivity index (χ1n) is 10.4. The van der Waals surface area contributed by atoms with Gasteiger partial charge in [0.25, 0.3) is 0 Å². The Bertz CT molecular complexity index is 1280. The van der Waals surface area contributed by atoms with Crippen LogP contribution in [0.1, 0.15) is 5.69 Å². The number of oxazole rings is 1. The highest BCUT2D eigenvalue weighted by Crippen LogP contribution is 2.21. The third kappa shape index (κ3) is 5.38. The molecule has 0 radical (unpaired) electrons. The number of likely N-dealkylation sites (N-methyl/N-ethyl adjacent to an activating group) is 1. The van der Waals surface area contributed by atoms with Crippen molar-refractivity contribution in [1.29, 1.82) is 0 Å². The van der Waals surface area contributed by atoms with Crippen LogP contribution in [-0.2, 0) is 17.8 Å². The molecular weight excluding hydrogens is 425 g/mol. The number of rotatable bonds is 7. The number of anilines is 1. The summed E-state index contributed by atoms with van der Waals surface area (Å²) in [6, 6.07) is 13.0. The van der Waals surface area contributed by atoms with Gasteiger partial charge < -0.3 is 24.5 Å². The predicted octanol–water partition coefficient (Wildman–Crippen LogP) is 3.89. The van der Waals surface area contributed by atoms with Gasteiger partial charge in [0.15, 0.2) is 0 Å². The molecule has 0 bridgehead atoms. The van der Waals surface area contributed by atoms with Crippen LogP contribution >= 0.6 is 0 Å². The Morgan fingerprint density at radius 2 is 1.91 bits per heavy atom. The number of amides is 3. The van der Waals surface area contributed by atoms with E-state index in [9.17, 15) is 14.0 Å². The molecule has 0 unspecified atom stereocenters. The molecule has 0 aliphatic carbocycles. The number of hydrogen-bond acceptors (Lipinski definition) is 4. The summed E-state index contributed by atoms with van der Waals surface area (Å²) < 4.78 is 20.4. The molecule has 0 saturated heterocycles. The van der Waals surface area contributed by atoms with Crippen molar-refractivity contribution in [2.75, 3.05) is 26.0 Å². The van der Waals surface area contributed by atoms with E-state index in [-0.39, 0.29) is 24.3 Å². The lowest BCUT2D eigenvalue weighted by atomic mass is 10.2. The van der Waals surface area contributed by atoms with Gasteiger partial charge in [0.1, 0.15) is 18.6 Å². The molecule has 2 aromatic carbocycles. The van der Waals surface area contributed by atoms with Crippen molar-refractivity contribution >= 4 is 28.5 Å². The van der Waals surface area contributed by atoms with Crippen LogP contribution in [0.25, 0.3) is 22.4 Å².